The number of sulfone groups is 1. The van der Waals surface area contributed by atoms with Crippen LogP contribution in [0.5, 0.6) is 5.75 Å². The lowest BCUT2D eigenvalue weighted by Gasteiger charge is -2.28. The second-order valence-corrected chi connectivity index (χ2v) is 11.5. The van der Waals surface area contributed by atoms with Crippen LogP contribution in [0.25, 0.3) is 0 Å². The molecule has 0 aliphatic rings. The number of phenolic OH excluding ortho intramolecular Hbond substituents is 1. The molecule has 0 saturated carbocycles. The fraction of sp³-hybridized carbons (Fsp3) is 0.462. The van der Waals surface area contributed by atoms with Gasteiger partial charge in [0.2, 0.25) is 0 Å². The Kier molecular flexibility index (Phi) is 10.00. The minimum atomic E-state index is -4.00. The van der Waals surface area contributed by atoms with Crippen LogP contribution in [0.15, 0.2) is 42.5 Å². The molecule has 8 nitrogen and oxygen atoms in total. The molecule has 0 aromatic heterocycles. The molecule has 192 valence electrons. The Morgan fingerprint density at radius 2 is 1.71 bits per heavy atom. The number of aromatic hydroxyl groups is 1. The number of Topliss-reactive ketones (excluding diaryl/α,β-unsaturated/α-hetero) is 1. The molecule has 2 atom stereocenters. The van der Waals surface area contributed by atoms with Gasteiger partial charge in [0.15, 0.2) is 14.7 Å². The molecule has 0 heterocycles. The van der Waals surface area contributed by atoms with E-state index in [0.29, 0.717) is 6.42 Å². The Morgan fingerprint density at radius 1 is 1.11 bits per heavy atom. The van der Waals surface area contributed by atoms with Crippen molar-refractivity contribution in [2.45, 2.75) is 63.8 Å². The van der Waals surface area contributed by atoms with E-state index in [2.05, 4.69) is 5.32 Å². The summed E-state index contributed by atoms with van der Waals surface area (Å²) in [7, 11) is -4.00. The van der Waals surface area contributed by atoms with Gasteiger partial charge in [-0.3, -0.25) is 9.59 Å². The first-order valence-electron chi connectivity index (χ1n) is 11.8. The second kappa shape index (κ2) is 12.3. The van der Waals surface area contributed by atoms with Crippen LogP contribution >= 0.6 is 0 Å². The Labute approximate surface area is 208 Å². The average Bonchev–Trinajstić information content (AvgIpc) is 2.82. The number of aryl methyl sites for hydroxylation is 3. The maximum Gasteiger partial charge on any atom is 0.255 e. The highest BCUT2D eigenvalue weighted by Crippen LogP contribution is 2.24. The SMILES string of the molecule is CCS(=O)(=O)C(N)(CCC(=O)[C@H](N)Cc1c(C)cc(O)cc1C)C(=O)NCCCc1ccccc1. The first-order chi connectivity index (χ1) is 16.4. The highest BCUT2D eigenvalue weighted by Gasteiger charge is 2.46. The van der Waals surface area contributed by atoms with E-state index in [9.17, 15) is 23.1 Å². The van der Waals surface area contributed by atoms with Crippen LogP contribution in [0.1, 0.15) is 48.4 Å². The number of carbonyl (C=O) groups excluding carboxylic acids is 2. The van der Waals surface area contributed by atoms with Gasteiger partial charge in [-0.2, -0.15) is 0 Å². The Morgan fingerprint density at radius 3 is 2.29 bits per heavy atom. The van der Waals surface area contributed by atoms with Gasteiger partial charge >= 0.3 is 0 Å². The molecule has 0 aliphatic carbocycles. The molecule has 0 radical (unpaired) electrons. The topological polar surface area (TPSA) is 153 Å². The summed E-state index contributed by atoms with van der Waals surface area (Å²) < 4.78 is 25.5. The molecule has 35 heavy (non-hydrogen) atoms. The van der Waals surface area contributed by atoms with Gasteiger partial charge < -0.3 is 21.9 Å². The van der Waals surface area contributed by atoms with Gasteiger partial charge in [-0.05, 0) is 73.9 Å². The van der Waals surface area contributed by atoms with E-state index in [-0.39, 0.29) is 43.1 Å². The van der Waals surface area contributed by atoms with Crippen molar-refractivity contribution in [2.24, 2.45) is 11.5 Å². The summed E-state index contributed by atoms with van der Waals surface area (Å²) in [5.41, 5.74) is 15.9. The number of carbonyl (C=O) groups is 2. The number of amides is 1. The van der Waals surface area contributed by atoms with Crippen molar-refractivity contribution >= 4 is 21.5 Å². The zero-order valence-electron chi connectivity index (χ0n) is 20.7. The van der Waals surface area contributed by atoms with E-state index in [1.54, 1.807) is 12.1 Å². The monoisotopic (exact) mass is 503 g/mol. The van der Waals surface area contributed by atoms with Crippen LogP contribution in [-0.4, -0.2) is 48.4 Å². The van der Waals surface area contributed by atoms with Gasteiger partial charge in [0, 0.05) is 18.7 Å². The Bertz CT molecular complexity index is 1110. The van der Waals surface area contributed by atoms with Crippen molar-refractivity contribution in [3.63, 3.8) is 0 Å². The summed E-state index contributed by atoms with van der Waals surface area (Å²) in [5.74, 6) is -1.38. The van der Waals surface area contributed by atoms with Crippen molar-refractivity contribution in [3.8, 4) is 5.75 Å². The van der Waals surface area contributed by atoms with E-state index < -0.39 is 26.7 Å². The first-order valence-corrected chi connectivity index (χ1v) is 13.5. The molecule has 0 saturated heterocycles. The molecule has 0 fully saturated rings. The molecule has 0 spiro atoms. The fourth-order valence-corrected chi connectivity index (χ4v) is 5.36. The molecule has 1 unspecified atom stereocenters. The van der Waals surface area contributed by atoms with Gasteiger partial charge in [0.1, 0.15) is 11.5 Å². The maximum atomic E-state index is 12.9. The van der Waals surface area contributed by atoms with Crippen LogP contribution in [0.3, 0.4) is 0 Å². The molecule has 0 bridgehead atoms. The second-order valence-electron chi connectivity index (χ2n) is 8.97. The number of nitrogens with two attached hydrogens (primary N) is 2. The molecule has 9 heteroatoms. The normalized spacial score (nSPS) is 14.2. The zero-order valence-corrected chi connectivity index (χ0v) is 21.5. The Hall–Kier alpha value is -2.75. The fourth-order valence-electron chi connectivity index (χ4n) is 4.08. The van der Waals surface area contributed by atoms with Crippen molar-refractivity contribution in [1.29, 1.82) is 0 Å². The first kappa shape index (κ1) is 28.5. The Balaban J connectivity index is 2.02. The van der Waals surface area contributed by atoms with Crippen LogP contribution in [0.2, 0.25) is 0 Å². The van der Waals surface area contributed by atoms with Crippen molar-refractivity contribution < 1.29 is 23.1 Å². The zero-order chi connectivity index (χ0) is 26.2. The highest BCUT2D eigenvalue weighted by atomic mass is 32.2. The van der Waals surface area contributed by atoms with Crippen molar-refractivity contribution in [1.82, 2.24) is 5.32 Å². The van der Waals surface area contributed by atoms with Gasteiger partial charge in [-0.25, -0.2) is 8.42 Å². The van der Waals surface area contributed by atoms with Crippen LogP contribution in [-0.2, 0) is 32.3 Å². The average molecular weight is 504 g/mol. The lowest BCUT2D eigenvalue weighted by atomic mass is 9.93. The number of rotatable bonds is 13. The predicted molar refractivity (Wildman–Crippen MR) is 138 cm³/mol. The summed E-state index contributed by atoms with van der Waals surface area (Å²) >= 11 is 0. The van der Waals surface area contributed by atoms with Gasteiger partial charge in [0.05, 0.1) is 6.04 Å². The largest absolute Gasteiger partial charge is 0.508 e. The number of hydrogen-bond donors (Lipinski definition) is 4. The minimum absolute atomic E-state index is 0.135. The standard InChI is InChI=1S/C26H37N3O5S/c1-4-35(33,34)26(28,25(32)29-14-8-11-20-9-6-5-7-10-20)13-12-24(31)23(27)17-22-18(2)15-21(30)16-19(22)3/h5-7,9-10,15-16,23,30H,4,8,11-14,17,27-28H2,1-3H3,(H,29,32)/t23-,26?/m1/s1. The number of hydrogen-bond acceptors (Lipinski definition) is 7. The number of nitrogens with one attached hydrogen (secondary N) is 1. The minimum Gasteiger partial charge on any atom is -0.508 e. The third-order valence-corrected chi connectivity index (χ3v) is 8.61. The molecule has 0 aliphatic heterocycles. The highest BCUT2D eigenvalue weighted by molar-refractivity contribution is 7.93. The lowest BCUT2D eigenvalue weighted by molar-refractivity contribution is -0.124. The van der Waals surface area contributed by atoms with Crippen molar-refractivity contribution in [3.05, 3.63) is 64.7 Å². The molecule has 1 amide bonds. The number of ketones is 1. The smallest absolute Gasteiger partial charge is 0.255 e. The summed E-state index contributed by atoms with van der Waals surface area (Å²) in [6.45, 7) is 5.32. The van der Waals surface area contributed by atoms with Crippen LogP contribution < -0.4 is 16.8 Å². The van der Waals surface area contributed by atoms with Crippen molar-refractivity contribution in [2.75, 3.05) is 12.3 Å². The molecule has 2 aromatic rings. The third-order valence-electron chi connectivity index (χ3n) is 6.35. The maximum absolute atomic E-state index is 12.9. The third kappa shape index (κ3) is 7.37. The molecule has 6 N–H and O–H groups in total. The molecular weight excluding hydrogens is 466 g/mol. The van der Waals surface area contributed by atoms with E-state index in [0.717, 1.165) is 28.7 Å². The van der Waals surface area contributed by atoms with Gasteiger partial charge in [0.25, 0.3) is 5.91 Å². The molecular formula is C26H37N3O5S. The summed E-state index contributed by atoms with van der Waals surface area (Å²) in [6, 6.07) is 12.0. The van der Waals surface area contributed by atoms with E-state index in [1.807, 2.05) is 44.2 Å². The lowest BCUT2D eigenvalue weighted by Crippen LogP contribution is -2.60. The van der Waals surface area contributed by atoms with Gasteiger partial charge in [-0.15, -0.1) is 0 Å². The summed E-state index contributed by atoms with van der Waals surface area (Å²) in [5, 5.41) is 12.4. The van der Waals surface area contributed by atoms with Crippen LogP contribution in [0, 0.1) is 13.8 Å². The molecule has 2 aromatic carbocycles. The van der Waals surface area contributed by atoms with E-state index >= 15 is 0 Å². The number of benzene rings is 2. The van der Waals surface area contributed by atoms with Gasteiger partial charge in [-0.1, -0.05) is 37.3 Å². The van der Waals surface area contributed by atoms with E-state index in [1.165, 1.54) is 6.92 Å². The van der Waals surface area contributed by atoms with Crippen LogP contribution in [0.4, 0.5) is 0 Å². The summed E-state index contributed by atoms with van der Waals surface area (Å²) in [6.07, 6.45) is 0.981. The quantitative estimate of drug-likeness (QED) is 0.305. The summed E-state index contributed by atoms with van der Waals surface area (Å²) in [4.78, 5) is 23.5. The van der Waals surface area contributed by atoms with E-state index in [4.69, 9.17) is 11.5 Å². The predicted octanol–water partition coefficient (Wildman–Crippen LogP) is 2.07. The number of phenols is 1. The molecule has 2 rings (SSSR count).